The highest BCUT2D eigenvalue weighted by Crippen LogP contribution is 2.26. The second-order valence-electron chi connectivity index (χ2n) is 6.07. The smallest absolute Gasteiger partial charge is 0.233 e. The van der Waals surface area contributed by atoms with Crippen molar-refractivity contribution in [2.24, 2.45) is 0 Å². The number of thioether (sulfide) groups is 1. The first-order valence-corrected chi connectivity index (χ1v) is 11.5. The largest absolute Gasteiger partial charge is 0.360 e. The average Bonchev–Trinajstić information content (AvgIpc) is 3.24. The molecule has 1 aliphatic heterocycles. The van der Waals surface area contributed by atoms with Gasteiger partial charge in [-0.05, 0) is 30.7 Å². The molecule has 3 heterocycles. The Bertz CT molecular complexity index is 636. The molecule has 2 aromatic heterocycles. The highest BCUT2D eigenvalue weighted by atomic mass is 32.2. The van der Waals surface area contributed by atoms with Crippen molar-refractivity contribution in [2.75, 3.05) is 30.7 Å². The predicted molar refractivity (Wildman–Crippen MR) is 107 cm³/mol. The van der Waals surface area contributed by atoms with Crippen LogP contribution in [0.3, 0.4) is 0 Å². The number of nitrogens with one attached hydrogen (secondary N) is 1. The molecule has 2 aromatic rings. The molecule has 5 nitrogen and oxygen atoms in total. The number of aromatic nitrogens is 2. The van der Waals surface area contributed by atoms with Gasteiger partial charge in [0.2, 0.25) is 11.0 Å². The molecule has 0 bridgehead atoms. The van der Waals surface area contributed by atoms with Crippen molar-refractivity contribution >= 4 is 45.5 Å². The third-order valence-corrected chi connectivity index (χ3v) is 7.10. The lowest BCUT2D eigenvalue weighted by molar-refractivity contribution is -0.128. The second kappa shape index (κ2) is 10.1. The summed E-state index contributed by atoms with van der Waals surface area (Å²) in [6.07, 6.45) is 7.06. The number of amides is 1. The van der Waals surface area contributed by atoms with E-state index in [1.54, 1.807) is 11.3 Å². The summed E-state index contributed by atoms with van der Waals surface area (Å²) in [6.45, 7) is 2.67. The molecule has 1 N–H and O–H groups in total. The molecule has 1 fully saturated rings. The molecule has 1 amide bonds. The third-order valence-electron chi connectivity index (χ3n) is 4.16. The van der Waals surface area contributed by atoms with Crippen LogP contribution in [0, 0.1) is 0 Å². The van der Waals surface area contributed by atoms with E-state index in [-0.39, 0.29) is 5.91 Å². The van der Waals surface area contributed by atoms with Crippen LogP contribution in [-0.2, 0) is 11.2 Å². The minimum absolute atomic E-state index is 0.231. The third kappa shape index (κ3) is 6.27. The number of rotatable bonds is 7. The number of thiophene rings is 1. The molecule has 0 saturated carbocycles. The van der Waals surface area contributed by atoms with Crippen molar-refractivity contribution in [3.8, 4) is 0 Å². The number of anilines is 1. The molecular formula is C17H24N4OS3. The van der Waals surface area contributed by atoms with E-state index in [1.165, 1.54) is 47.2 Å². The van der Waals surface area contributed by atoms with Crippen LogP contribution in [0.1, 0.15) is 37.0 Å². The van der Waals surface area contributed by atoms with Gasteiger partial charge in [0.1, 0.15) is 0 Å². The number of likely N-dealkylation sites (tertiary alicyclic amines) is 1. The van der Waals surface area contributed by atoms with Gasteiger partial charge in [-0.2, -0.15) is 0 Å². The van der Waals surface area contributed by atoms with Gasteiger partial charge in [-0.1, -0.05) is 48.4 Å². The number of hydrogen-bond donors (Lipinski definition) is 1. The summed E-state index contributed by atoms with van der Waals surface area (Å²) in [5.74, 6) is 0.693. The maximum absolute atomic E-state index is 12.4. The molecular weight excluding hydrogens is 372 g/mol. The van der Waals surface area contributed by atoms with Crippen molar-refractivity contribution in [3.63, 3.8) is 0 Å². The Morgan fingerprint density at radius 3 is 2.76 bits per heavy atom. The normalized spacial score (nSPS) is 15.6. The molecule has 3 rings (SSSR count). The first-order chi connectivity index (χ1) is 12.3. The van der Waals surface area contributed by atoms with Crippen molar-refractivity contribution in [2.45, 2.75) is 42.9 Å². The minimum atomic E-state index is 0.231. The first-order valence-electron chi connectivity index (χ1n) is 8.81. The van der Waals surface area contributed by atoms with Crippen LogP contribution in [0.25, 0.3) is 0 Å². The highest BCUT2D eigenvalue weighted by Gasteiger charge is 2.16. The minimum Gasteiger partial charge on any atom is -0.360 e. The SMILES string of the molecule is O=C(CSc1nnc(NCCc2cccs2)s1)N1CCCCCCC1. The zero-order valence-corrected chi connectivity index (χ0v) is 16.7. The lowest BCUT2D eigenvalue weighted by Gasteiger charge is -2.24. The van der Waals surface area contributed by atoms with Crippen molar-refractivity contribution in [1.29, 1.82) is 0 Å². The molecule has 1 saturated heterocycles. The Labute approximate surface area is 161 Å². The van der Waals surface area contributed by atoms with E-state index in [0.29, 0.717) is 5.75 Å². The van der Waals surface area contributed by atoms with Crippen LogP contribution >= 0.6 is 34.4 Å². The lowest BCUT2D eigenvalue weighted by atomic mass is 10.1. The Kier molecular flexibility index (Phi) is 7.56. The molecule has 136 valence electrons. The van der Waals surface area contributed by atoms with Crippen LogP contribution < -0.4 is 5.32 Å². The summed E-state index contributed by atoms with van der Waals surface area (Å²) in [4.78, 5) is 15.8. The van der Waals surface area contributed by atoms with Crippen molar-refractivity contribution < 1.29 is 4.79 Å². The maximum Gasteiger partial charge on any atom is 0.233 e. The summed E-state index contributed by atoms with van der Waals surface area (Å²) in [6, 6.07) is 4.22. The molecule has 8 heteroatoms. The molecule has 0 unspecified atom stereocenters. The monoisotopic (exact) mass is 396 g/mol. The number of carbonyl (C=O) groups is 1. The predicted octanol–water partition coefficient (Wildman–Crippen LogP) is 4.14. The van der Waals surface area contributed by atoms with E-state index >= 15 is 0 Å². The van der Waals surface area contributed by atoms with Gasteiger partial charge in [0.25, 0.3) is 0 Å². The van der Waals surface area contributed by atoms with Gasteiger partial charge >= 0.3 is 0 Å². The van der Waals surface area contributed by atoms with Crippen molar-refractivity contribution in [3.05, 3.63) is 22.4 Å². The van der Waals surface area contributed by atoms with E-state index in [9.17, 15) is 4.79 Å². The standard InChI is InChI=1S/C17H24N4OS3/c22-15(21-10-4-2-1-3-5-11-21)13-24-17-20-19-16(25-17)18-9-8-14-7-6-12-23-14/h6-7,12H,1-5,8-11,13H2,(H,18,19). The van der Waals surface area contributed by atoms with Gasteiger partial charge in [-0.25, -0.2) is 0 Å². The summed E-state index contributed by atoms with van der Waals surface area (Å²) in [5, 5.41) is 14.6. The molecule has 0 aliphatic carbocycles. The van der Waals surface area contributed by atoms with E-state index in [2.05, 4.69) is 33.0 Å². The zero-order valence-electron chi connectivity index (χ0n) is 14.3. The lowest BCUT2D eigenvalue weighted by Crippen LogP contribution is -2.35. The molecule has 0 atom stereocenters. The van der Waals surface area contributed by atoms with Crippen LogP contribution in [-0.4, -0.2) is 46.4 Å². The van der Waals surface area contributed by atoms with E-state index < -0.39 is 0 Å². The zero-order chi connectivity index (χ0) is 17.3. The molecule has 25 heavy (non-hydrogen) atoms. The van der Waals surface area contributed by atoms with Gasteiger partial charge in [0.15, 0.2) is 4.34 Å². The van der Waals surface area contributed by atoms with Crippen LogP contribution in [0.2, 0.25) is 0 Å². The number of carbonyl (C=O) groups excluding carboxylic acids is 1. The summed E-state index contributed by atoms with van der Waals surface area (Å²) in [5.41, 5.74) is 0. The molecule has 1 aliphatic rings. The summed E-state index contributed by atoms with van der Waals surface area (Å²) < 4.78 is 0.860. The van der Waals surface area contributed by atoms with Crippen LogP contribution in [0.4, 0.5) is 5.13 Å². The van der Waals surface area contributed by atoms with E-state index in [1.807, 2.05) is 4.90 Å². The van der Waals surface area contributed by atoms with Gasteiger partial charge in [-0.15, -0.1) is 21.5 Å². The Hall–Kier alpha value is -1.12. The Morgan fingerprint density at radius 2 is 2.00 bits per heavy atom. The van der Waals surface area contributed by atoms with Gasteiger partial charge in [-0.3, -0.25) is 4.79 Å². The van der Waals surface area contributed by atoms with Gasteiger partial charge in [0, 0.05) is 24.5 Å². The first kappa shape index (κ1) is 18.7. The quantitative estimate of drug-likeness (QED) is 0.713. The average molecular weight is 397 g/mol. The fourth-order valence-electron chi connectivity index (χ4n) is 2.80. The van der Waals surface area contributed by atoms with E-state index in [0.717, 1.165) is 48.4 Å². The topological polar surface area (TPSA) is 58.1 Å². The van der Waals surface area contributed by atoms with Gasteiger partial charge in [0.05, 0.1) is 5.75 Å². The Morgan fingerprint density at radius 1 is 1.20 bits per heavy atom. The van der Waals surface area contributed by atoms with Crippen LogP contribution in [0.5, 0.6) is 0 Å². The molecule has 0 aromatic carbocycles. The summed E-state index contributed by atoms with van der Waals surface area (Å²) >= 11 is 4.80. The molecule has 0 radical (unpaired) electrons. The molecule has 0 spiro atoms. The fourth-order valence-corrected chi connectivity index (χ4v) is 5.19. The van der Waals surface area contributed by atoms with Gasteiger partial charge < -0.3 is 10.2 Å². The fraction of sp³-hybridized carbons (Fsp3) is 0.588. The van der Waals surface area contributed by atoms with Crippen LogP contribution in [0.15, 0.2) is 21.9 Å². The highest BCUT2D eigenvalue weighted by molar-refractivity contribution is 8.01. The Balaban J connectivity index is 1.39. The number of nitrogens with zero attached hydrogens (tertiary/aromatic N) is 3. The van der Waals surface area contributed by atoms with Crippen molar-refractivity contribution in [1.82, 2.24) is 15.1 Å². The number of hydrogen-bond acceptors (Lipinski definition) is 7. The maximum atomic E-state index is 12.4. The van der Waals surface area contributed by atoms with E-state index in [4.69, 9.17) is 0 Å². The second-order valence-corrected chi connectivity index (χ2v) is 9.30. The summed E-state index contributed by atoms with van der Waals surface area (Å²) in [7, 11) is 0.